The van der Waals surface area contributed by atoms with Crippen LogP contribution >= 0.6 is 15.9 Å². The fraction of sp³-hybridized carbons (Fsp3) is 0.278. The monoisotopic (exact) mass is 422 g/mol. The summed E-state index contributed by atoms with van der Waals surface area (Å²) in [4.78, 5) is 12.4. The lowest BCUT2D eigenvalue weighted by atomic mass is 10.2. The minimum absolute atomic E-state index is 0.150. The molecule has 0 atom stereocenters. The third-order valence-corrected chi connectivity index (χ3v) is 6.25. The zero-order chi connectivity index (χ0) is 17.9. The maximum atomic E-state index is 13.0. The molecule has 0 aliphatic heterocycles. The van der Waals surface area contributed by atoms with Crippen molar-refractivity contribution in [3.63, 3.8) is 0 Å². The Kier molecular flexibility index (Phi) is 5.56. The quantitative estimate of drug-likeness (QED) is 0.745. The van der Waals surface area contributed by atoms with Crippen molar-refractivity contribution in [1.29, 1.82) is 0 Å². The van der Waals surface area contributed by atoms with Gasteiger partial charge >= 0.3 is 0 Å². The molecule has 3 rings (SSSR count). The molecule has 1 aliphatic rings. The number of hydrogen-bond donors (Lipinski definition) is 1. The van der Waals surface area contributed by atoms with Crippen LogP contribution in [0.25, 0.3) is 0 Å². The van der Waals surface area contributed by atoms with Crippen LogP contribution in [0.15, 0.2) is 64.0 Å². The Morgan fingerprint density at radius 2 is 1.72 bits per heavy atom. The first-order valence-electron chi connectivity index (χ1n) is 8.04. The highest BCUT2D eigenvalue weighted by Gasteiger charge is 2.29. The lowest BCUT2D eigenvalue weighted by Gasteiger charge is -2.22. The highest BCUT2D eigenvalue weighted by molar-refractivity contribution is 9.10. The number of carbonyl (C=O) groups is 1. The summed E-state index contributed by atoms with van der Waals surface area (Å²) in [5, 5.41) is 2.85. The summed E-state index contributed by atoms with van der Waals surface area (Å²) in [5.74, 6) is -0.265. The molecule has 1 amide bonds. The van der Waals surface area contributed by atoms with E-state index in [2.05, 4.69) is 21.2 Å². The maximum Gasteiger partial charge on any atom is 0.243 e. The van der Waals surface area contributed by atoms with E-state index in [1.807, 2.05) is 30.3 Å². The lowest BCUT2D eigenvalue weighted by molar-refractivity contribution is -0.121. The lowest BCUT2D eigenvalue weighted by Crippen LogP contribution is -2.41. The highest BCUT2D eigenvalue weighted by Crippen LogP contribution is 2.22. The first-order chi connectivity index (χ1) is 11.9. The van der Waals surface area contributed by atoms with Crippen LogP contribution in [-0.4, -0.2) is 31.2 Å². The Labute approximate surface area is 156 Å². The van der Waals surface area contributed by atoms with E-state index in [4.69, 9.17) is 0 Å². The highest BCUT2D eigenvalue weighted by atomic mass is 79.9. The minimum Gasteiger partial charge on any atom is -0.352 e. The number of nitrogens with zero attached hydrogens (tertiary/aromatic N) is 1. The SMILES string of the molecule is O=C(CN(Cc1ccccc1)S(=O)(=O)c1ccc(Br)cc1)NC1CC1. The fourth-order valence-corrected chi connectivity index (χ4v) is 4.08. The molecule has 132 valence electrons. The average Bonchev–Trinajstić information content (AvgIpc) is 3.39. The molecular formula is C18H19BrN2O3S. The Balaban J connectivity index is 1.85. The van der Waals surface area contributed by atoms with Gasteiger partial charge in [0.2, 0.25) is 15.9 Å². The zero-order valence-corrected chi connectivity index (χ0v) is 16.0. The first kappa shape index (κ1) is 18.1. The third kappa shape index (κ3) is 4.90. The normalized spacial score (nSPS) is 14.5. The smallest absolute Gasteiger partial charge is 0.243 e. The summed E-state index contributed by atoms with van der Waals surface area (Å²) in [6.07, 6.45) is 1.92. The Hall–Kier alpha value is -1.70. The molecule has 1 fully saturated rings. The number of halogens is 1. The van der Waals surface area contributed by atoms with Gasteiger partial charge < -0.3 is 5.32 Å². The van der Waals surface area contributed by atoms with Gasteiger partial charge in [0.05, 0.1) is 11.4 Å². The van der Waals surface area contributed by atoms with Gasteiger partial charge in [-0.15, -0.1) is 0 Å². The zero-order valence-electron chi connectivity index (χ0n) is 13.6. The predicted molar refractivity (Wildman–Crippen MR) is 99.3 cm³/mol. The standard InChI is InChI=1S/C18H19BrN2O3S/c19-15-6-10-17(11-7-15)25(23,24)21(12-14-4-2-1-3-5-14)13-18(22)20-16-8-9-16/h1-7,10-11,16H,8-9,12-13H2,(H,20,22). The summed E-state index contributed by atoms with van der Waals surface area (Å²) in [6.45, 7) is -0.0406. The molecule has 1 aliphatic carbocycles. The molecule has 25 heavy (non-hydrogen) atoms. The van der Waals surface area contributed by atoms with Gasteiger partial charge in [-0.2, -0.15) is 4.31 Å². The van der Waals surface area contributed by atoms with Crippen LogP contribution in [0.2, 0.25) is 0 Å². The van der Waals surface area contributed by atoms with Crippen LogP contribution < -0.4 is 5.32 Å². The number of amides is 1. The van der Waals surface area contributed by atoms with E-state index >= 15 is 0 Å². The molecule has 0 saturated heterocycles. The van der Waals surface area contributed by atoms with Gasteiger partial charge in [-0.25, -0.2) is 8.42 Å². The van der Waals surface area contributed by atoms with Crippen molar-refractivity contribution in [3.05, 3.63) is 64.6 Å². The second-order valence-electron chi connectivity index (χ2n) is 6.05. The van der Waals surface area contributed by atoms with Crippen molar-refractivity contribution < 1.29 is 13.2 Å². The topological polar surface area (TPSA) is 66.5 Å². The molecule has 1 saturated carbocycles. The molecule has 2 aromatic carbocycles. The molecule has 0 unspecified atom stereocenters. The van der Waals surface area contributed by atoms with E-state index < -0.39 is 10.0 Å². The Bertz CT molecular complexity index is 834. The van der Waals surface area contributed by atoms with Gasteiger partial charge in [0.25, 0.3) is 0 Å². The van der Waals surface area contributed by atoms with Crippen LogP contribution in [0.4, 0.5) is 0 Å². The summed E-state index contributed by atoms with van der Waals surface area (Å²) >= 11 is 3.30. The van der Waals surface area contributed by atoms with E-state index in [0.717, 1.165) is 22.9 Å². The summed E-state index contributed by atoms with van der Waals surface area (Å²) in [7, 11) is -3.77. The van der Waals surface area contributed by atoms with Crippen LogP contribution in [0.5, 0.6) is 0 Å². The molecule has 0 heterocycles. The molecule has 0 aromatic heterocycles. The van der Waals surface area contributed by atoms with Crippen molar-refractivity contribution in [2.45, 2.75) is 30.3 Å². The van der Waals surface area contributed by atoms with E-state index in [9.17, 15) is 13.2 Å². The van der Waals surface area contributed by atoms with Crippen molar-refractivity contribution in [1.82, 2.24) is 9.62 Å². The van der Waals surface area contributed by atoms with Crippen molar-refractivity contribution >= 4 is 31.9 Å². The van der Waals surface area contributed by atoms with Gasteiger partial charge in [0.15, 0.2) is 0 Å². The molecule has 1 N–H and O–H groups in total. The largest absolute Gasteiger partial charge is 0.352 e. The van der Waals surface area contributed by atoms with E-state index in [0.29, 0.717) is 0 Å². The van der Waals surface area contributed by atoms with Gasteiger partial charge in [-0.3, -0.25) is 4.79 Å². The summed E-state index contributed by atoms with van der Waals surface area (Å²) < 4.78 is 28.1. The van der Waals surface area contributed by atoms with Gasteiger partial charge in [-0.05, 0) is 42.7 Å². The molecule has 0 radical (unpaired) electrons. The minimum atomic E-state index is -3.77. The van der Waals surface area contributed by atoms with Gasteiger partial charge in [0.1, 0.15) is 0 Å². The first-order valence-corrected chi connectivity index (χ1v) is 10.3. The average molecular weight is 423 g/mol. The van der Waals surface area contributed by atoms with Crippen LogP contribution in [0.1, 0.15) is 18.4 Å². The third-order valence-electron chi connectivity index (χ3n) is 3.92. The van der Waals surface area contributed by atoms with E-state index in [1.165, 1.54) is 16.4 Å². The van der Waals surface area contributed by atoms with E-state index in [1.54, 1.807) is 12.1 Å². The summed E-state index contributed by atoms with van der Waals surface area (Å²) in [5.41, 5.74) is 0.836. The number of sulfonamides is 1. The van der Waals surface area contributed by atoms with Crippen molar-refractivity contribution in [3.8, 4) is 0 Å². The number of hydrogen-bond acceptors (Lipinski definition) is 3. The van der Waals surface area contributed by atoms with Crippen LogP contribution in [0, 0.1) is 0 Å². The second kappa shape index (κ2) is 7.68. The fourth-order valence-electron chi connectivity index (χ4n) is 2.43. The van der Waals surface area contributed by atoms with Gasteiger partial charge in [0, 0.05) is 17.1 Å². The molecule has 5 nitrogen and oxygen atoms in total. The van der Waals surface area contributed by atoms with Crippen LogP contribution in [0.3, 0.4) is 0 Å². The molecular weight excluding hydrogens is 404 g/mol. The number of nitrogens with one attached hydrogen (secondary N) is 1. The second-order valence-corrected chi connectivity index (χ2v) is 8.91. The van der Waals surface area contributed by atoms with E-state index in [-0.39, 0.29) is 29.9 Å². The van der Waals surface area contributed by atoms with Gasteiger partial charge in [-0.1, -0.05) is 46.3 Å². The Morgan fingerprint density at radius 1 is 1.08 bits per heavy atom. The van der Waals surface area contributed by atoms with Crippen LogP contribution in [-0.2, 0) is 21.4 Å². The van der Waals surface area contributed by atoms with Crippen molar-refractivity contribution in [2.75, 3.05) is 6.54 Å². The predicted octanol–water partition coefficient (Wildman–Crippen LogP) is 2.92. The number of benzene rings is 2. The maximum absolute atomic E-state index is 13.0. The van der Waals surface area contributed by atoms with Crippen molar-refractivity contribution in [2.24, 2.45) is 0 Å². The molecule has 0 spiro atoms. The molecule has 7 heteroatoms. The molecule has 2 aromatic rings. The number of carbonyl (C=O) groups excluding carboxylic acids is 1. The summed E-state index contributed by atoms with van der Waals surface area (Å²) in [6, 6.07) is 15.9. The molecule has 0 bridgehead atoms. The number of rotatable bonds is 7. The Morgan fingerprint density at radius 3 is 2.32 bits per heavy atom.